The quantitative estimate of drug-likeness (QED) is 0.0365. The second kappa shape index (κ2) is 27.4. The third kappa shape index (κ3) is 18.8. The summed E-state index contributed by atoms with van der Waals surface area (Å²) in [4.78, 5) is 49.1. The first-order valence-corrected chi connectivity index (χ1v) is 27.0. The van der Waals surface area contributed by atoms with Crippen molar-refractivity contribution in [3.8, 4) is 57.6 Å². The highest BCUT2D eigenvalue weighted by Gasteiger charge is 2.13. The van der Waals surface area contributed by atoms with E-state index in [0.717, 1.165) is 66.6 Å². The molecule has 4 heterocycles. The molecule has 0 unspecified atom stereocenters. The molecule has 1 amide bonds. The van der Waals surface area contributed by atoms with Gasteiger partial charge < -0.3 is 35.9 Å². The lowest BCUT2D eigenvalue weighted by atomic mass is 10.1. The summed E-state index contributed by atoms with van der Waals surface area (Å²) in [6.07, 6.45) is 16.5. The van der Waals surface area contributed by atoms with Crippen molar-refractivity contribution in [3.63, 3.8) is 0 Å². The number of carbonyl (C=O) groups is 3. The lowest BCUT2D eigenvalue weighted by Gasteiger charge is -2.16. The van der Waals surface area contributed by atoms with E-state index < -0.39 is 20.0 Å². The highest BCUT2D eigenvalue weighted by Crippen LogP contribution is 2.32. The average molecular weight is 1050 g/mol. The number of nitrogens with two attached hydrogens (primary N) is 1. The van der Waals surface area contributed by atoms with Gasteiger partial charge in [0.15, 0.2) is 0 Å². The lowest BCUT2D eigenvalue weighted by molar-refractivity contribution is -0.156. The van der Waals surface area contributed by atoms with Crippen molar-refractivity contribution in [2.24, 2.45) is 19.8 Å². The van der Waals surface area contributed by atoms with E-state index in [2.05, 4.69) is 82.9 Å². The molecule has 0 spiro atoms. The monoisotopic (exact) mass is 1040 g/mol. The van der Waals surface area contributed by atoms with Crippen LogP contribution in [0.2, 0.25) is 19.6 Å². The molecular weight excluding hydrogens is 977 g/mol. The summed E-state index contributed by atoms with van der Waals surface area (Å²) in [7, 11) is 2.33. The number of benzene rings is 4. The third-order valence-corrected chi connectivity index (χ3v) is 10.9. The molecule has 4 aromatic heterocycles. The first kappa shape index (κ1) is 59.6. The fraction of sp³-hybridized carbons (Fsp3) is 0.281. The second-order valence-electron chi connectivity index (χ2n) is 18.4. The maximum atomic E-state index is 11.3. The number of aryl methyl sites for hydroxylation is 2. The van der Waals surface area contributed by atoms with Crippen LogP contribution in [0, 0.1) is 23.8 Å². The molecule has 5 N–H and O–H groups in total. The zero-order valence-corrected chi connectivity index (χ0v) is 44.1. The molecule has 0 saturated heterocycles. The Morgan fingerprint density at radius 3 is 1.55 bits per heavy atom. The summed E-state index contributed by atoms with van der Waals surface area (Å²) in [5, 5.41) is 19.8. The van der Waals surface area contributed by atoms with Gasteiger partial charge in [-0.2, -0.15) is 10.2 Å². The summed E-state index contributed by atoms with van der Waals surface area (Å²) in [5.41, 5.74) is 18.1. The van der Waals surface area contributed by atoms with E-state index in [1.807, 2.05) is 126 Å². The molecule has 2 atom stereocenters. The molecule has 0 radical (unpaired) electrons. The fourth-order valence-corrected chi connectivity index (χ4v) is 7.41. The molecular formula is C57H68N12O6Si. The highest BCUT2D eigenvalue weighted by molar-refractivity contribution is 6.83. The van der Waals surface area contributed by atoms with Gasteiger partial charge in [-0.3, -0.25) is 23.7 Å². The molecule has 0 fully saturated rings. The number of ether oxygens (including phenoxy) is 3. The molecule has 8 aromatic rings. The molecule has 0 aliphatic carbocycles. The maximum absolute atomic E-state index is 11.3. The number of aromatic nitrogens is 8. The molecule has 0 aliphatic rings. The maximum Gasteiger partial charge on any atom is 0.310 e. The molecule has 396 valence electrons. The number of nitrogens with one attached hydrogen (secondary N) is 3. The number of fused-ring (bicyclic) bond motifs is 2. The number of hydrogen-bond donors (Lipinski definition) is 4. The Kier molecular flexibility index (Phi) is 21.5. The number of hydrogen-bond acceptors (Lipinski definition) is 15. The largest absolute Gasteiger partial charge is 0.492 e. The Morgan fingerprint density at radius 2 is 1.14 bits per heavy atom. The zero-order chi connectivity index (χ0) is 53.5. The average Bonchev–Trinajstić information content (AvgIpc) is 3.99. The van der Waals surface area contributed by atoms with Gasteiger partial charge >= 0.3 is 11.9 Å². The Bertz CT molecular complexity index is 3390. The Hall–Kier alpha value is -8.91. The normalized spacial score (nSPS) is 11.2. The predicted molar refractivity (Wildman–Crippen MR) is 305 cm³/mol. The van der Waals surface area contributed by atoms with Crippen molar-refractivity contribution >= 4 is 71.0 Å². The number of amides is 1. The van der Waals surface area contributed by atoms with E-state index in [0.29, 0.717) is 36.6 Å². The van der Waals surface area contributed by atoms with Crippen LogP contribution in [0.4, 0.5) is 23.3 Å². The number of nitrogens with zero attached hydrogens (tertiary/aromatic N) is 8. The zero-order valence-electron chi connectivity index (χ0n) is 43.1. The Labute approximate surface area is 446 Å². The van der Waals surface area contributed by atoms with Crippen LogP contribution in [0.3, 0.4) is 0 Å². The summed E-state index contributed by atoms with van der Waals surface area (Å²) >= 11 is 0. The molecule has 19 heteroatoms. The number of terminal acetylenes is 1. The van der Waals surface area contributed by atoms with E-state index in [4.69, 9.17) is 26.6 Å². The molecule has 4 aromatic carbocycles. The van der Waals surface area contributed by atoms with Gasteiger partial charge in [0.25, 0.3) is 0 Å². The van der Waals surface area contributed by atoms with Crippen molar-refractivity contribution < 1.29 is 28.6 Å². The van der Waals surface area contributed by atoms with Crippen LogP contribution in [0.25, 0.3) is 44.1 Å². The highest BCUT2D eigenvalue weighted by atomic mass is 28.3. The van der Waals surface area contributed by atoms with E-state index >= 15 is 0 Å². The van der Waals surface area contributed by atoms with Gasteiger partial charge in [0, 0.05) is 122 Å². The van der Waals surface area contributed by atoms with E-state index in [1.165, 1.54) is 20.8 Å². The van der Waals surface area contributed by atoms with Gasteiger partial charge in [-0.25, -0.2) is 19.9 Å². The first-order valence-electron chi connectivity index (χ1n) is 23.5. The Balaban J connectivity index is 0.000000285. The second-order valence-corrected chi connectivity index (χ2v) is 23.2. The van der Waals surface area contributed by atoms with Crippen LogP contribution in [0.15, 0.2) is 110 Å². The van der Waals surface area contributed by atoms with Gasteiger partial charge in [-0.1, -0.05) is 46.3 Å². The van der Waals surface area contributed by atoms with Gasteiger partial charge in [-0.15, -0.1) is 12.0 Å². The number of anilines is 4. The van der Waals surface area contributed by atoms with Crippen LogP contribution in [-0.4, -0.2) is 90.7 Å². The lowest BCUT2D eigenvalue weighted by Crippen LogP contribution is -2.35. The smallest absolute Gasteiger partial charge is 0.310 e. The first-order chi connectivity index (χ1) is 35.2. The van der Waals surface area contributed by atoms with Gasteiger partial charge in [0.2, 0.25) is 17.8 Å². The number of esters is 2. The topological polar surface area (TPSA) is 228 Å². The number of rotatable bonds is 13. The van der Waals surface area contributed by atoms with Gasteiger partial charge in [0.1, 0.15) is 32.8 Å². The SMILES string of the molecule is C.C.C#Cc1ccc2nc(Nc3cc(OC[C@@H](C)NC(C)=O)cc(-c4cnn(C)c4)c3)ncc2c1.CC(=O)OC(C)=O.C[C@@H](N)COc1cc(Nc2ncc3cc(C#C[Si](C)(C)C)ccc3n2)cc(-c2cnn(C)c2)c1. The van der Waals surface area contributed by atoms with Crippen LogP contribution in [0.5, 0.6) is 11.5 Å². The van der Waals surface area contributed by atoms with Crippen LogP contribution in [0.1, 0.15) is 60.6 Å². The predicted octanol–water partition coefficient (Wildman–Crippen LogP) is 9.76. The van der Waals surface area contributed by atoms with Crippen LogP contribution >= 0.6 is 0 Å². The third-order valence-electron chi connectivity index (χ3n) is 10.1. The van der Waals surface area contributed by atoms with E-state index in [1.54, 1.807) is 21.8 Å². The van der Waals surface area contributed by atoms with Crippen molar-refractivity contribution in [1.82, 2.24) is 44.8 Å². The summed E-state index contributed by atoms with van der Waals surface area (Å²) in [6.45, 7) is 15.1. The van der Waals surface area contributed by atoms with Crippen LogP contribution < -0.4 is 31.2 Å². The van der Waals surface area contributed by atoms with E-state index in [-0.39, 0.29) is 32.8 Å². The van der Waals surface area contributed by atoms with Gasteiger partial charge in [-0.05, 0) is 85.6 Å². The minimum Gasteiger partial charge on any atom is -0.492 e. The minimum atomic E-state index is -1.43. The molecule has 0 saturated carbocycles. The van der Waals surface area contributed by atoms with Crippen molar-refractivity contribution in [1.29, 1.82) is 0 Å². The standard InChI is InChI=1S/C26H30N6OSi.C25H24N6O2.C4H6O3.2CH4/c1-18(27)17-33-24-12-20(22-15-29-32(2)16-22)11-23(13-24)30-26-28-14-21-10-19(6-7-25(21)31-26)8-9-34(3,4)5;1-5-18-6-7-24-20(8-18)12-26-25(30-24)29-22-9-19(21-13-27-31(4)14-21)10-23(11-22)33-15-16(2)28-17(3)32;1-3(5)7-4(2)6;;/h6-7,10-16,18H,17,27H2,1-5H3,(H,28,30,31);1,6-14,16H,15H2,2-4H3,(H,28,32)(H,26,29,30);1-2H3;2*1H4/t18-;16-;;;/m11.../s1. The van der Waals surface area contributed by atoms with Crippen molar-refractivity contribution in [2.75, 3.05) is 23.8 Å². The Morgan fingerprint density at radius 1 is 0.671 bits per heavy atom. The van der Waals surface area contributed by atoms with Crippen molar-refractivity contribution in [2.45, 2.75) is 81.2 Å². The fourth-order valence-electron chi connectivity index (χ4n) is 6.90. The molecule has 0 bridgehead atoms. The molecule has 8 rings (SSSR count). The minimum absolute atomic E-state index is 0. The van der Waals surface area contributed by atoms with Gasteiger partial charge in [0.05, 0.1) is 29.5 Å². The summed E-state index contributed by atoms with van der Waals surface area (Å²) in [5.74, 6) is 7.02. The van der Waals surface area contributed by atoms with Crippen LogP contribution in [-0.2, 0) is 33.2 Å². The van der Waals surface area contributed by atoms with E-state index in [9.17, 15) is 14.4 Å². The van der Waals surface area contributed by atoms with Crippen molar-refractivity contribution in [3.05, 3.63) is 121 Å². The number of carbonyl (C=O) groups excluding carboxylic acids is 3. The molecule has 18 nitrogen and oxygen atoms in total. The summed E-state index contributed by atoms with van der Waals surface area (Å²) < 4.78 is 19.4. The summed E-state index contributed by atoms with van der Waals surface area (Å²) in [6, 6.07) is 23.2. The molecule has 76 heavy (non-hydrogen) atoms. The molecule has 0 aliphatic heterocycles.